The molecule has 2 heterocycles. The van der Waals surface area contributed by atoms with E-state index in [1.807, 2.05) is 0 Å². The minimum Gasteiger partial charge on any atom is -0.504 e. The van der Waals surface area contributed by atoms with E-state index in [4.69, 9.17) is 23.7 Å². The molecule has 156 valence electrons. The molecule has 0 aliphatic carbocycles. The highest BCUT2D eigenvalue weighted by Crippen LogP contribution is 2.54. The van der Waals surface area contributed by atoms with Crippen LogP contribution in [0.5, 0.6) is 28.7 Å². The van der Waals surface area contributed by atoms with Crippen LogP contribution in [0.25, 0.3) is 0 Å². The van der Waals surface area contributed by atoms with Crippen LogP contribution < -0.4 is 14.2 Å². The molecule has 0 aromatic heterocycles. The molecule has 0 bridgehead atoms. The lowest BCUT2D eigenvalue weighted by Crippen LogP contribution is -2.39. The van der Waals surface area contributed by atoms with Crippen LogP contribution in [0.2, 0.25) is 0 Å². The molecule has 2 saturated heterocycles. The number of hydrogen-bond donors (Lipinski definition) is 3. The summed E-state index contributed by atoms with van der Waals surface area (Å²) in [6.45, 7) is 0.349. The summed E-state index contributed by atoms with van der Waals surface area (Å²) in [7, 11) is 4.36. The van der Waals surface area contributed by atoms with Crippen molar-refractivity contribution in [2.75, 3.05) is 34.5 Å². The first-order chi connectivity index (χ1) is 13.9. The van der Waals surface area contributed by atoms with E-state index in [0.29, 0.717) is 11.3 Å². The molecule has 8 heteroatoms. The molecule has 4 rings (SSSR count). The first-order valence-electron chi connectivity index (χ1n) is 9.20. The van der Waals surface area contributed by atoms with Crippen LogP contribution in [0.3, 0.4) is 0 Å². The van der Waals surface area contributed by atoms with Crippen LogP contribution in [0.15, 0.2) is 30.3 Å². The van der Waals surface area contributed by atoms with Crippen molar-refractivity contribution in [1.29, 1.82) is 0 Å². The molecule has 2 aliphatic heterocycles. The predicted molar refractivity (Wildman–Crippen MR) is 102 cm³/mol. The van der Waals surface area contributed by atoms with Crippen molar-refractivity contribution in [3.05, 3.63) is 41.5 Å². The highest BCUT2D eigenvalue weighted by Gasteiger charge is 2.59. The van der Waals surface area contributed by atoms with Crippen molar-refractivity contribution in [3.8, 4) is 28.7 Å². The Bertz CT molecular complexity index is 889. The summed E-state index contributed by atoms with van der Waals surface area (Å²) in [4.78, 5) is 0. The lowest BCUT2D eigenvalue weighted by Gasteiger charge is -2.28. The number of phenols is 2. The van der Waals surface area contributed by atoms with E-state index in [0.717, 1.165) is 5.56 Å². The number of ether oxygens (including phenoxy) is 5. The van der Waals surface area contributed by atoms with Crippen LogP contribution in [0.4, 0.5) is 0 Å². The van der Waals surface area contributed by atoms with Gasteiger partial charge in [-0.3, -0.25) is 0 Å². The Morgan fingerprint density at radius 3 is 2.14 bits per heavy atom. The Morgan fingerprint density at radius 1 is 0.897 bits per heavy atom. The zero-order valence-electron chi connectivity index (χ0n) is 16.4. The number of benzene rings is 2. The summed E-state index contributed by atoms with van der Waals surface area (Å²) in [6, 6.07) is 8.23. The molecule has 2 aromatic carbocycles. The van der Waals surface area contributed by atoms with Gasteiger partial charge in [0.2, 0.25) is 5.75 Å². The van der Waals surface area contributed by atoms with Crippen LogP contribution in [0, 0.1) is 5.92 Å². The predicted octanol–water partition coefficient (Wildman–Crippen LogP) is 2.31. The fourth-order valence-electron chi connectivity index (χ4n) is 4.20. The van der Waals surface area contributed by atoms with Gasteiger partial charge >= 0.3 is 0 Å². The van der Waals surface area contributed by atoms with E-state index in [9.17, 15) is 15.3 Å². The van der Waals surface area contributed by atoms with Gasteiger partial charge in [0, 0.05) is 5.92 Å². The van der Waals surface area contributed by atoms with E-state index in [2.05, 4.69) is 0 Å². The number of methoxy groups -OCH3 is 3. The second kappa shape index (κ2) is 7.29. The molecule has 4 atom stereocenters. The maximum Gasteiger partial charge on any atom is 0.200 e. The van der Waals surface area contributed by atoms with Gasteiger partial charge in [-0.25, -0.2) is 0 Å². The molecule has 0 unspecified atom stereocenters. The monoisotopic (exact) mass is 404 g/mol. The molecule has 0 saturated carbocycles. The third kappa shape index (κ3) is 3.04. The zero-order valence-corrected chi connectivity index (χ0v) is 16.4. The van der Waals surface area contributed by atoms with E-state index < -0.39 is 17.8 Å². The van der Waals surface area contributed by atoms with Crippen molar-refractivity contribution >= 4 is 0 Å². The third-order valence-corrected chi connectivity index (χ3v) is 5.74. The maximum absolute atomic E-state index is 11.5. The molecule has 29 heavy (non-hydrogen) atoms. The summed E-state index contributed by atoms with van der Waals surface area (Å²) in [5.74, 6) is 0.394. The summed E-state index contributed by atoms with van der Waals surface area (Å²) in [6.07, 6.45) is -1.10. The number of phenolic OH excluding ortho intramolecular Hbond substituents is 2. The number of aromatic hydroxyl groups is 2. The highest BCUT2D eigenvalue weighted by molar-refractivity contribution is 5.54. The molecule has 0 amide bonds. The Hall–Kier alpha value is -2.68. The zero-order chi connectivity index (χ0) is 20.8. The molecule has 0 spiro atoms. The van der Waals surface area contributed by atoms with E-state index in [1.54, 1.807) is 24.3 Å². The van der Waals surface area contributed by atoms with Crippen LogP contribution >= 0.6 is 0 Å². The maximum atomic E-state index is 11.5. The Kier molecular flexibility index (Phi) is 4.94. The molecule has 2 aromatic rings. The van der Waals surface area contributed by atoms with Gasteiger partial charge in [0.1, 0.15) is 11.7 Å². The smallest absolute Gasteiger partial charge is 0.200 e. The minimum absolute atomic E-state index is 0.0355. The average molecular weight is 404 g/mol. The Labute approximate surface area is 168 Å². The normalized spacial score (nSPS) is 28.2. The Morgan fingerprint density at radius 2 is 1.52 bits per heavy atom. The van der Waals surface area contributed by atoms with E-state index >= 15 is 0 Å². The summed E-state index contributed by atoms with van der Waals surface area (Å²) < 4.78 is 27.6. The summed E-state index contributed by atoms with van der Waals surface area (Å²) >= 11 is 0. The number of hydrogen-bond acceptors (Lipinski definition) is 8. The lowest BCUT2D eigenvalue weighted by atomic mass is 9.81. The quantitative estimate of drug-likeness (QED) is 0.697. The van der Waals surface area contributed by atoms with Gasteiger partial charge in [-0.05, 0) is 35.4 Å². The average Bonchev–Trinajstić information content (AvgIpc) is 3.23. The van der Waals surface area contributed by atoms with Gasteiger partial charge in [0.15, 0.2) is 23.0 Å². The van der Waals surface area contributed by atoms with Crippen molar-refractivity contribution in [2.24, 2.45) is 5.92 Å². The third-order valence-electron chi connectivity index (χ3n) is 5.74. The van der Waals surface area contributed by atoms with Crippen molar-refractivity contribution in [2.45, 2.75) is 17.8 Å². The van der Waals surface area contributed by atoms with Gasteiger partial charge in [0.25, 0.3) is 0 Å². The van der Waals surface area contributed by atoms with Crippen LogP contribution in [0.1, 0.15) is 23.3 Å². The van der Waals surface area contributed by atoms with Crippen LogP contribution in [-0.2, 0) is 9.47 Å². The first kappa shape index (κ1) is 19.6. The number of aliphatic hydroxyl groups is 1. The minimum atomic E-state index is -1.28. The molecule has 8 nitrogen and oxygen atoms in total. The van der Waals surface area contributed by atoms with E-state index in [1.165, 1.54) is 27.4 Å². The second-order valence-electron chi connectivity index (χ2n) is 7.25. The van der Waals surface area contributed by atoms with Crippen molar-refractivity contribution in [1.82, 2.24) is 0 Å². The lowest BCUT2D eigenvalue weighted by molar-refractivity contribution is -0.0629. The molecular weight excluding hydrogens is 380 g/mol. The number of fused-ring (bicyclic) bond motifs is 1. The van der Waals surface area contributed by atoms with Gasteiger partial charge in [-0.1, -0.05) is 6.07 Å². The second-order valence-corrected chi connectivity index (χ2v) is 7.25. The first-order valence-corrected chi connectivity index (χ1v) is 9.20. The van der Waals surface area contributed by atoms with E-state index in [-0.39, 0.29) is 42.1 Å². The molecular formula is C21H24O8. The van der Waals surface area contributed by atoms with Crippen molar-refractivity contribution < 1.29 is 39.0 Å². The van der Waals surface area contributed by atoms with Gasteiger partial charge in [0.05, 0.1) is 40.6 Å². The van der Waals surface area contributed by atoms with Gasteiger partial charge in [-0.2, -0.15) is 0 Å². The topological polar surface area (TPSA) is 107 Å². The van der Waals surface area contributed by atoms with Gasteiger partial charge < -0.3 is 39.0 Å². The van der Waals surface area contributed by atoms with Crippen LogP contribution in [-0.4, -0.2) is 55.5 Å². The van der Waals surface area contributed by atoms with Gasteiger partial charge in [-0.15, -0.1) is 0 Å². The fourth-order valence-corrected chi connectivity index (χ4v) is 4.20. The molecule has 0 radical (unpaired) electrons. The number of rotatable bonds is 5. The summed E-state index contributed by atoms with van der Waals surface area (Å²) in [5.41, 5.74) is 0.128. The summed E-state index contributed by atoms with van der Waals surface area (Å²) in [5, 5.41) is 31.5. The SMILES string of the molecule is COc1cc([C@H]2OC[C@]3(O)[C@@H](c4cc(OC)c(O)c(OC)c4)OC[C@H]23)ccc1O. The molecule has 3 N–H and O–H groups in total. The highest BCUT2D eigenvalue weighted by atomic mass is 16.6. The largest absolute Gasteiger partial charge is 0.504 e. The Balaban J connectivity index is 1.67. The fraction of sp³-hybridized carbons (Fsp3) is 0.429. The molecule has 2 aliphatic rings. The van der Waals surface area contributed by atoms with Crippen molar-refractivity contribution in [3.63, 3.8) is 0 Å². The standard InChI is InChI=1S/C21H24O8/c1-25-15-6-11(4-5-14(15)22)19-13-9-28-20(21(13,24)10-29-19)12-7-16(26-2)18(23)17(8-12)27-3/h4-8,13,19-20,22-24H,9-10H2,1-3H3/t13-,19-,20-,21-/m1/s1. The molecule has 2 fully saturated rings.